The average molecular weight is 208 g/mol. The number of carbonyl (C=O) groups excluding carboxylic acids is 1. The van der Waals surface area contributed by atoms with Crippen LogP contribution in [0, 0.1) is 5.13 Å². The number of fused-ring (bicyclic) bond motifs is 1. The van der Waals surface area contributed by atoms with Crippen molar-refractivity contribution >= 4 is 27.7 Å². The molecule has 1 nitrogen and oxygen atoms in total. The van der Waals surface area contributed by atoms with E-state index in [1.54, 1.807) is 0 Å². The van der Waals surface area contributed by atoms with Gasteiger partial charge in [0.1, 0.15) is 0 Å². The van der Waals surface area contributed by atoms with Crippen LogP contribution in [0.1, 0.15) is 22.8 Å². The van der Waals surface area contributed by atoms with Gasteiger partial charge in [-0.25, -0.2) is 0 Å². The van der Waals surface area contributed by atoms with E-state index in [9.17, 15) is 9.18 Å². The number of benzene rings is 1. The molecule has 0 aliphatic heterocycles. The van der Waals surface area contributed by atoms with Gasteiger partial charge in [-0.3, -0.25) is 4.79 Å². The monoisotopic (exact) mass is 208 g/mol. The van der Waals surface area contributed by atoms with Crippen LogP contribution < -0.4 is 0 Å². The van der Waals surface area contributed by atoms with E-state index in [2.05, 4.69) is 0 Å². The fourth-order valence-corrected chi connectivity index (χ4v) is 2.42. The Morgan fingerprint density at radius 1 is 1.50 bits per heavy atom. The van der Waals surface area contributed by atoms with Gasteiger partial charge in [0, 0.05) is 10.1 Å². The van der Waals surface area contributed by atoms with Gasteiger partial charge in [-0.15, -0.1) is 11.3 Å². The Labute approximate surface area is 85.2 Å². The molecule has 0 aliphatic rings. The van der Waals surface area contributed by atoms with E-state index in [0.29, 0.717) is 6.29 Å². The molecule has 1 heterocycles. The van der Waals surface area contributed by atoms with Crippen molar-refractivity contribution in [2.75, 3.05) is 0 Å². The summed E-state index contributed by atoms with van der Waals surface area (Å²) in [5.74, 6) is 0. The summed E-state index contributed by atoms with van der Waals surface area (Å²) in [6.07, 6.45) is 1.51. The highest BCUT2D eigenvalue weighted by Gasteiger charge is 2.10. The zero-order chi connectivity index (χ0) is 10.1. The predicted molar refractivity (Wildman–Crippen MR) is 56.5 cm³/mol. The Hall–Kier alpha value is -1.22. The Morgan fingerprint density at radius 2 is 2.29 bits per heavy atom. The van der Waals surface area contributed by atoms with Gasteiger partial charge in [-0.05, 0) is 18.1 Å². The molecule has 0 bridgehead atoms. The molecular weight excluding hydrogens is 199 g/mol. The number of rotatable bonds is 2. The lowest BCUT2D eigenvalue weighted by Gasteiger charge is -1.95. The molecule has 1 aromatic carbocycles. The number of halogens is 1. The molecule has 0 radical (unpaired) electrons. The maximum atomic E-state index is 13.2. The molecular formula is C11H9FOS. The van der Waals surface area contributed by atoms with Crippen molar-refractivity contribution in [3.8, 4) is 0 Å². The predicted octanol–water partition coefficient (Wildman–Crippen LogP) is 3.42. The van der Waals surface area contributed by atoms with Crippen molar-refractivity contribution in [3.63, 3.8) is 0 Å². The third-order valence-electron chi connectivity index (χ3n) is 2.27. The number of thiophene rings is 1. The summed E-state index contributed by atoms with van der Waals surface area (Å²) in [7, 11) is 0. The van der Waals surface area contributed by atoms with Crippen LogP contribution >= 0.6 is 11.3 Å². The fraction of sp³-hybridized carbons (Fsp3) is 0.182. The molecule has 3 heteroatoms. The zero-order valence-corrected chi connectivity index (χ0v) is 8.53. The van der Waals surface area contributed by atoms with Gasteiger partial charge in [-0.2, -0.15) is 4.39 Å². The maximum Gasteiger partial charge on any atom is 0.188 e. The van der Waals surface area contributed by atoms with Crippen molar-refractivity contribution < 1.29 is 9.18 Å². The molecule has 0 saturated carbocycles. The normalized spacial score (nSPS) is 10.7. The van der Waals surface area contributed by atoms with Gasteiger partial charge < -0.3 is 0 Å². The summed E-state index contributed by atoms with van der Waals surface area (Å²) in [4.78, 5) is 10.6. The highest BCUT2D eigenvalue weighted by Crippen LogP contribution is 2.29. The molecule has 0 spiro atoms. The first kappa shape index (κ1) is 9.34. The van der Waals surface area contributed by atoms with Crippen LogP contribution in [-0.2, 0) is 6.42 Å². The molecule has 0 atom stereocenters. The van der Waals surface area contributed by atoms with Crippen molar-refractivity contribution in [2.45, 2.75) is 13.3 Å². The number of hydrogen-bond acceptors (Lipinski definition) is 2. The number of aldehydes is 1. The van der Waals surface area contributed by atoms with Crippen LogP contribution in [0.5, 0.6) is 0 Å². The van der Waals surface area contributed by atoms with E-state index in [0.717, 1.165) is 33.4 Å². The molecule has 14 heavy (non-hydrogen) atoms. The minimum Gasteiger partial charge on any atom is -0.298 e. The van der Waals surface area contributed by atoms with Crippen molar-refractivity contribution in [2.24, 2.45) is 0 Å². The number of hydrogen-bond donors (Lipinski definition) is 0. The lowest BCUT2D eigenvalue weighted by atomic mass is 10.1. The Balaban J connectivity index is 2.74. The average Bonchev–Trinajstić information content (AvgIpc) is 2.51. The molecule has 2 aromatic rings. The van der Waals surface area contributed by atoms with Gasteiger partial charge in [-0.1, -0.05) is 19.1 Å². The summed E-state index contributed by atoms with van der Waals surface area (Å²) in [6, 6.07) is 5.69. The molecule has 1 aromatic heterocycles. The van der Waals surface area contributed by atoms with Crippen LogP contribution in [0.3, 0.4) is 0 Å². The summed E-state index contributed by atoms with van der Waals surface area (Å²) < 4.78 is 14.1. The molecule has 72 valence electrons. The highest BCUT2D eigenvalue weighted by molar-refractivity contribution is 7.17. The van der Waals surface area contributed by atoms with Gasteiger partial charge in [0.25, 0.3) is 0 Å². The second kappa shape index (κ2) is 3.50. The van der Waals surface area contributed by atoms with Gasteiger partial charge >= 0.3 is 0 Å². The molecule has 0 unspecified atom stereocenters. The van der Waals surface area contributed by atoms with Gasteiger partial charge in [0.2, 0.25) is 0 Å². The topological polar surface area (TPSA) is 17.1 Å². The molecule has 0 aliphatic carbocycles. The fourth-order valence-electron chi connectivity index (χ4n) is 1.46. The van der Waals surface area contributed by atoms with E-state index < -0.39 is 0 Å². The smallest absolute Gasteiger partial charge is 0.188 e. The molecule has 2 rings (SSSR count). The second-order valence-electron chi connectivity index (χ2n) is 3.09. The van der Waals surface area contributed by atoms with E-state index >= 15 is 0 Å². The minimum atomic E-state index is -0.386. The third kappa shape index (κ3) is 1.34. The standard InChI is InChI=1S/C11H9FOS/c1-2-7-3-4-8-9(6-13)11(12)14-10(8)5-7/h3-6H,2H2,1H3. The zero-order valence-electron chi connectivity index (χ0n) is 7.71. The Kier molecular flexibility index (Phi) is 2.33. The maximum absolute atomic E-state index is 13.2. The first-order valence-electron chi connectivity index (χ1n) is 4.42. The third-order valence-corrected chi connectivity index (χ3v) is 3.23. The molecule has 0 saturated heterocycles. The SMILES string of the molecule is CCc1ccc2c(C=O)c(F)sc2c1. The first-order chi connectivity index (χ1) is 6.76. The van der Waals surface area contributed by atoms with Gasteiger partial charge in [0.15, 0.2) is 11.4 Å². The van der Waals surface area contributed by atoms with Crippen molar-refractivity contribution in [3.05, 3.63) is 34.5 Å². The first-order valence-corrected chi connectivity index (χ1v) is 5.24. The van der Waals surface area contributed by atoms with Crippen LogP contribution in [0.2, 0.25) is 0 Å². The van der Waals surface area contributed by atoms with E-state index in [-0.39, 0.29) is 10.7 Å². The molecule has 0 fully saturated rings. The van der Waals surface area contributed by atoms with E-state index in [1.807, 2.05) is 25.1 Å². The molecule has 0 amide bonds. The summed E-state index contributed by atoms with van der Waals surface area (Å²) in [6.45, 7) is 2.05. The summed E-state index contributed by atoms with van der Waals surface area (Å²) in [5.41, 5.74) is 1.35. The lowest BCUT2D eigenvalue weighted by molar-refractivity contribution is 0.112. The lowest BCUT2D eigenvalue weighted by Crippen LogP contribution is -1.81. The van der Waals surface area contributed by atoms with Crippen molar-refractivity contribution in [1.29, 1.82) is 0 Å². The van der Waals surface area contributed by atoms with Crippen LogP contribution in [-0.4, -0.2) is 6.29 Å². The molecule has 0 N–H and O–H groups in total. The Bertz CT molecular complexity index is 487. The summed E-state index contributed by atoms with van der Waals surface area (Å²) in [5, 5.41) is 0.336. The van der Waals surface area contributed by atoms with E-state index in [4.69, 9.17) is 0 Å². The Morgan fingerprint density at radius 3 is 2.93 bits per heavy atom. The van der Waals surface area contributed by atoms with Crippen LogP contribution in [0.15, 0.2) is 18.2 Å². The van der Waals surface area contributed by atoms with Crippen molar-refractivity contribution in [1.82, 2.24) is 0 Å². The summed E-state index contributed by atoms with van der Waals surface area (Å²) >= 11 is 1.03. The van der Waals surface area contributed by atoms with E-state index in [1.165, 1.54) is 0 Å². The second-order valence-corrected chi connectivity index (χ2v) is 4.09. The number of aryl methyl sites for hydroxylation is 1. The van der Waals surface area contributed by atoms with Crippen LogP contribution in [0.4, 0.5) is 4.39 Å². The highest BCUT2D eigenvalue weighted by atomic mass is 32.1. The van der Waals surface area contributed by atoms with Crippen LogP contribution in [0.25, 0.3) is 10.1 Å². The number of carbonyl (C=O) groups is 1. The largest absolute Gasteiger partial charge is 0.298 e. The quantitative estimate of drug-likeness (QED) is 0.691. The minimum absolute atomic E-state index is 0.188. The van der Waals surface area contributed by atoms with Gasteiger partial charge in [0.05, 0.1) is 5.56 Å².